The minimum atomic E-state index is 0.638. The summed E-state index contributed by atoms with van der Waals surface area (Å²) in [5.74, 6) is 1.28. The first-order valence-corrected chi connectivity index (χ1v) is 6.47. The largest absolute Gasteiger partial charge is 0.478 e. The van der Waals surface area contributed by atoms with Crippen molar-refractivity contribution in [3.63, 3.8) is 0 Å². The molecular formula is C13H23N3O2. The Balaban J connectivity index is 2.41. The summed E-state index contributed by atoms with van der Waals surface area (Å²) >= 11 is 0. The summed E-state index contributed by atoms with van der Waals surface area (Å²) in [6.45, 7) is 6.34. The molecule has 0 fully saturated rings. The second-order valence-corrected chi connectivity index (χ2v) is 4.15. The number of aryl methyl sites for hydroxylation is 1. The molecule has 0 bridgehead atoms. The van der Waals surface area contributed by atoms with Crippen molar-refractivity contribution in [2.24, 2.45) is 0 Å². The average Bonchev–Trinajstić information content (AvgIpc) is 2.35. The van der Waals surface area contributed by atoms with Crippen molar-refractivity contribution in [2.45, 2.75) is 33.1 Å². The smallest absolute Gasteiger partial charge is 0.226 e. The predicted molar refractivity (Wildman–Crippen MR) is 72.2 cm³/mol. The Bertz CT molecular complexity index is 345. The maximum Gasteiger partial charge on any atom is 0.226 e. The third-order valence-electron chi connectivity index (χ3n) is 2.34. The molecule has 0 saturated carbocycles. The summed E-state index contributed by atoms with van der Waals surface area (Å²) in [5, 5.41) is 3.20. The van der Waals surface area contributed by atoms with E-state index in [9.17, 15) is 0 Å². The number of anilines is 1. The normalized spacial score (nSPS) is 10.4. The molecule has 0 atom stereocenters. The number of ether oxygens (including phenoxy) is 2. The molecule has 1 heterocycles. The molecule has 1 N–H and O–H groups in total. The van der Waals surface area contributed by atoms with Gasteiger partial charge in [-0.3, -0.25) is 0 Å². The second-order valence-electron chi connectivity index (χ2n) is 4.15. The van der Waals surface area contributed by atoms with Crippen LogP contribution in [0.1, 0.15) is 31.9 Å². The highest BCUT2D eigenvalue weighted by Crippen LogP contribution is 2.12. The van der Waals surface area contributed by atoms with Gasteiger partial charge >= 0.3 is 0 Å². The fourth-order valence-electron chi connectivity index (χ4n) is 1.47. The van der Waals surface area contributed by atoms with E-state index in [-0.39, 0.29) is 0 Å². The van der Waals surface area contributed by atoms with Crippen molar-refractivity contribution in [3.05, 3.63) is 11.8 Å². The van der Waals surface area contributed by atoms with Gasteiger partial charge in [0.15, 0.2) is 0 Å². The van der Waals surface area contributed by atoms with Crippen molar-refractivity contribution in [3.8, 4) is 5.88 Å². The number of nitrogens with one attached hydrogen (secondary N) is 1. The average molecular weight is 253 g/mol. The molecule has 5 nitrogen and oxygen atoms in total. The van der Waals surface area contributed by atoms with Crippen LogP contribution in [0, 0.1) is 6.92 Å². The van der Waals surface area contributed by atoms with E-state index in [4.69, 9.17) is 9.47 Å². The van der Waals surface area contributed by atoms with E-state index in [0.29, 0.717) is 18.4 Å². The molecule has 0 amide bonds. The molecule has 0 aliphatic carbocycles. The molecule has 0 spiro atoms. The Morgan fingerprint density at radius 3 is 2.78 bits per heavy atom. The summed E-state index contributed by atoms with van der Waals surface area (Å²) in [6, 6.07) is 1.85. The summed E-state index contributed by atoms with van der Waals surface area (Å²) in [5.41, 5.74) is 0.912. The van der Waals surface area contributed by atoms with Gasteiger partial charge in [0, 0.05) is 32.0 Å². The van der Waals surface area contributed by atoms with Crippen molar-refractivity contribution in [2.75, 3.05) is 32.2 Å². The molecule has 102 valence electrons. The van der Waals surface area contributed by atoms with E-state index >= 15 is 0 Å². The lowest BCUT2D eigenvalue weighted by Crippen LogP contribution is -2.08. The number of nitrogens with zero attached hydrogens (tertiary/aromatic N) is 2. The molecule has 0 aromatic carbocycles. The van der Waals surface area contributed by atoms with E-state index < -0.39 is 0 Å². The minimum Gasteiger partial charge on any atom is -0.478 e. The Morgan fingerprint density at radius 2 is 2.06 bits per heavy atom. The van der Waals surface area contributed by atoms with Gasteiger partial charge in [-0.1, -0.05) is 6.92 Å². The van der Waals surface area contributed by atoms with Gasteiger partial charge in [-0.2, -0.15) is 4.98 Å². The standard InChI is InChI=1S/C13H23N3O2/c1-4-8-18-12-10-11(2)15-13(16-12)14-7-5-6-9-17-3/h10H,4-9H2,1-3H3,(H,14,15,16). The number of hydrogen-bond donors (Lipinski definition) is 1. The molecule has 5 heteroatoms. The summed E-state index contributed by atoms with van der Waals surface area (Å²) in [7, 11) is 1.72. The molecule has 1 rings (SSSR count). The molecule has 0 aliphatic heterocycles. The minimum absolute atomic E-state index is 0.638. The van der Waals surface area contributed by atoms with E-state index in [1.807, 2.05) is 13.0 Å². The molecule has 1 aromatic heterocycles. The number of rotatable bonds is 9. The van der Waals surface area contributed by atoms with Gasteiger partial charge in [-0.25, -0.2) is 4.98 Å². The van der Waals surface area contributed by atoms with Crippen molar-refractivity contribution in [1.82, 2.24) is 9.97 Å². The zero-order chi connectivity index (χ0) is 13.2. The van der Waals surface area contributed by atoms with Gasteiger partial charge in [0.05, 0.1) is 6.61 Å². The number of methoxy groups -OCH3 is 1. The summed E-state index contributed by atoms with van der Waals surface area (Å²) < 4.78 is 10.5. The van der Waals surface area contributed by atoms with Crippen LogP contribution in [0.2, 0.25) is 0 Å². The van der Waals surface area contributed by atoms with Crippen LogP contribution in [-0.2, 0) is 4.74 Å². The first kappa shape index (κ1) is 14.7. The van der Waals surface area contributed by atoms with Crippen LogP contribution in [0.15, 0.2) is 6.07 Å². The van der Waals surface area contributed by atoms with Gasteiger partial charge in [0.1, 0.15) is 0 Å². The Labute approximate surface area is 109 Å². The van der Waals surface area contributed by atoms with Crippen LogP contribution >= 0.6 is 0 Å². The van der Waals surface area contributed by atoms with Crippen LogP contribution < -0.4 is 10.1 Å². The zero-order valence-electron chi connectivity index (χ0n) is 11.5. The first-order valence-electron chi connectivity index (χ1n) is 6.47. The molecular weight excluding hydrogens is 230 g/mol. The van der Waals surface area contributed by atoms with Gasteiger partial charge in [0.25, 0.3) is 0 Å². The van der Waals surface area contributed by atoms with Gasteiger partial charge in [-0.15, -0.1) is 0 Å². The van der Waals surface area contributed by atoms with E-state index in [0.717, 1.165) is 38.1 Å². The maximum atomic E-state index is 5.51. The van der Waals surface area contributed by atoms with Gasteiger partial charge in [0.2, 0.25) is 11.8 Å². The highest BCUT2D eigenvalue weighted by atomic mass is 16.5. The third kappa shape index (κ3) is 5.82. The molecule has 18 heavy (non-hydrogen) atoms. The number of unbranched alkanes of at least 4 members (excludes halogenated alkanes) is 1. The topological polar surface area (TPSA) is 56.3 Å². The van der Waals surface area contributed by atoms with E-state index in [1.165, 1.54) is 0 Å². The lowest BCUT2D eigenvalue weighted by atomic mass is 10.3. The molecule has 0 aliphatic rings. The molecule has 0 unspecified atom stereocenters. The quantitative estimate of drug-likeness (QED) is 0.685. The fourth-order valence-corrected chi connectivity index (χ4v) is 1.47. The second kappa shape index (κ2) is 8.69. The van der Waals surface area contributed by atoms with E-state index in [1.54, 1.807) is 7.11 Å². The lowest BCUT2D eigenvalue weighted by Gasteiger charge is -2.08. The van der Waals surface area contributed by atoms with Crippen LogP contribution in [0.5, 0.6) is 5.88 Å². The third-order valence-corrected chi connectivity index (χ3v) is 2.34. The monoisotopic (exact) mass is 253 g/mol. The van der Waals surface area contributed by atoms with Crippen LogP contribution in [0.3, 0.4) is 0 Å². The maximum absolute atomic E-state index is 5.51. The molecule has 1 aromatic rings. The highest BCUT2D eigenvalue weighted by Gasteiger charge is 2.02. The van der Waals surface area contributed by atoms with Crippen molar-refractivity contribution in [1.29, 1.82) is 0 Å². The Hall–Kier alpha value is -1.36. The highest BCUT2D eigenvalue weighted by molar-refractivity contribution is 5.30. The summed E-state index contributed by atoms with van der Waals surface area (Å²) in [4.78, 5) is 8.64. The van der Waals surface area contributed by atoms with Crippen LogP contribution in [0.4, 0.5) is 5.95 Å². The number of hydrogen-bond acceptors (Lipinski definition) is 5. The lowest BCUT2D eigenvalue weighted by molar-refractivity contribution is 0.193. The van der Waals surface area contributed by atoms with Gasteiger partial charge in [-0.05, 0) is 26.2 Å². The number of aromatic nitrogens is 2. The SMILES string of the molecule is CCCOc1cc(C)nc(NCCCCOC)n1. The van der Waals surface area contributed by atoms with Crippen LogP contribution in [-0.4, -0.2) is 36.8 Å². The predicted octanol–water partition coefficient (Wildman–Crippen LogP) is 2.41. The summed E-state index contributed by atoms with van der Waals surface area (Å²) in [6.07, 6.45) is 3.05. The van der Waals surface area contributed by atoms with Crippen molar-refractivity contribution >= 4 is 5.95 Å². The zero-order valence-corrected chi connectivity index (χ0v) is 11.5. The molecule has 0 saturated heterocycles. The Morgan fingerprint density at radius 1 is 1.22 bits per heavy atom. The van der Waals surface area contributed by atoms with Gasteiger partial charge < -0.3 is 14.8 Å². The van der Waals surface area contributed by atoms with Crippen molar-refractivity contribution < 1.29 is 9.47 Å². The fraction of sp³-hybridized carbons (Fsp3) is 0.692. The molecule has 0 radical (unpaired) electrons. The Kier molecular flexibility index (Phi) is 7.10. The van der Waals surface area contributed by atoms with E-state index in [2.05, 4.69) is 22.2 Å². The first-order chi connectivity index (χ1) is 8.76. The van der Waals surface area contributed by atoms with Crippen LogP contribution in [0.25, 0.3) is 0 Å².